The molecule has 2 unspecified atom stereocenters. The molecule has 188 valence electrons. The number of carboxylic acid groups (broad SMARTS) is 1. The molecule has 0 bridgehead atoms. The van der Waals surface area contributed by atoms with Crippen molar-refractivity contribution in [1.29, 1.82) is 0 Å². The number of aliphatic carboxylic acids is 1. The molecule has 2 rings (SSSR count). The number of carbonyl (C=O) groups is 1. The molecular weight excluding hydrogens is 494 g/mol. The minimum atomic E-state index is -5.10. The fourth-order valence-electron chi connectivity index (χ4n) is 3.00. The van der Waals surface area contributed by atoms with Gasteiger partial charge in [-0.25, -0.2) is 8.98 Å². The van der Waals surface area contributed by atoms with E-state index in [4.69, 9.17) is 28.4 Å². The van der Waals surface area contributed by atoms with Crippen LogP contribution in [0.4, 0.5) is 0 Å². The summed E-state index contributed by atoms with van der Waals surface area (Å²) in [5.74, 6) is -1.79. The molecule has 0 spiro atoms. The average molecular weight is 515 g/mol. The molecule has 0 aliphatic carbocycles. The molecule has 2 aliphatic heterocycles. The summed E-state index contributed by atoms with van der Waals surface area (Å²) in [6, 6.07) is -2.06. The second-order valence-corrected chi connectivity index (χ2v) is 9.00. The Bertz CT molecular complexity index is 878. The van der Waals surface area contributed by atoms with Gasteiger partial charge in [-0.1, -0.05) is 0 Å². The number of hydrogen-bond donors (Lipinski definition) is 9. The largest absolute Gasteiger partial charge is 0.479 e. The third kappa shape index (κ3) is 6.71. The minimum Gasteiger partial charge on any atom is -0.479 e. The standard InChI is InChI=1S/C12H21NO17S2/c14-4-2(1-27-32(24,25)26)28-11(20)3(13-31(21,22)23)8(4)29-12-7(17)5(15)6(16)9(30-12)10(18)19/h2-9,11-17,20H,1H2,(H,18,19)(H,21,22,23)(H,24,25,26)/t2-,3-,4-,5+,6+,7-,8-,9+,11?,12?/m1/s1. The van der Waals surface area contributed by atoms with Crippen molar-refractivity contribution in [1.82, 2.24) is 4.72 Å². The van der Waals surface area contributed by atoms with Gasteiger partial charge in [-0.3, -0.25) is 9.11 Å². The molecule has 2 aliphatic rings. The molecule has 32 heavy (non-hydrogen) atoms. The Balaban J connectivity index is 2.32. The summed E-state index contributed by atoms with van der Waals surface area (Å²) >= 11 is 0. The van der Waals surface area contributed by atoms with Gasteiger partial charge < -0.3 is 44.8 Å². The summed E-state index contributed by atoms with van der Waals surface area (Å²) < 4.78 is 81.8. The van der Waals surface area contributed by atoms with Crippen molar-refractivity contribution in [3.05, 3.63) is 0 Å². The van der Waals surface area contributed by atoms with Crippen LogP contribution in [-0.4, -0.2) is 131 Å². The van der Waals surface area contributed by atoms with E-state index in [1.807, 2.05) is 0 Å². The number of ether oxygens (including phenoxy) is 3. The first-order chi connectivity index (χ1) is 14.5. The van der Waals surface area contributed by atoms with E-state index in [0.717, 1.165) is 0 Å². The van der Waals surface area contributed by atoms with Gasteiger partial charge in [-0.05, 0) is 0 Å². The molecule has 10 atom stereocenters. The highest BCUT2D eigenvalue weighted by Gasteiger charge is 2.53. The first-order valence-electron chi connectivity index (χ1n) is 8.48. The Kier molecular flexibility index (Phi) is 8.50. The van der Waals surface area contributed by atoms with Crippen molar-refractivity contribution in [3.63, 3.8) is 0 Å². The predicted octanol–water partition coefficient (Wildman–Crippen LogP) is -6.08. The maximum Gasteiger partial charge on any atom is 0.397 e. The van der Waals surface area contributed by atoms with Gasteiger partial charge in [-0.15, -0.1) is 0 Å². The normalized spacial score (nSPS) is 41.3. The van der Waals surface area contributed by atoms with E-state index >= 15 is 0 Å². The first kappa shape index (κ1) is 27.1. The van der Waals surface area contributed by atoms with Crippen LogP contribution in [0.3, 0.4) is 0 Å². The van der Waals surface area contributed by atoms with E-state index in [1.54, 1.807) is 0 Å². The molecule has 2 saturated heterocycles. The van der Waals surface area contributed by atoms with Crippen molar-refractivity contribution in [2.75, 3.05) is 6.61 Å². The summed E-state index contributed by atoms with van der Waals surface area (Å²) in [6.45, 7) is -1.14. The number of carboxylic acids is 1. The molecule has 2 heterocycles. The number of aliphatic hydroxyl groups excluding tert-OH is 5. The van der Waals surface area contributed by atoms with Crippen LogP contribution < -0.4 is 4.72 Å². The number of rotatable bonds is 8. The molecular formula is C12H21NO17S2. The summed E-state index contributed by atoms with van der Waals surface area (Å²) in [6.07, 6.45) is -19.0. The van der Waals surface area contributed by atoms with E-state index in [-0.39, 0.29) is 0 Å². The van der Waals surface area contributed by atoms with E-state index in [0.29, 0.717) is 0 Å². The summed E-state index contributed by atoms with van der Waals surface area (Å²) in [7, 11) is -10.1. The van der Waals surface area contributed by atoms with Gasteiger partial charge in [0.25, 0.3) is 0 Å². The smallest absolute Gasteiger partial charge is 0.397 e. The van der Waals surface area contributed by atoms with E-state index in [1.165, 1.54) is 4.72 Å². The predicted molar refractivity (Wildman–Crippen MR) is 92.0 cm³/mol. The van der Waals surface area contributed by atoms with Crippen LogP contribution in [0, 0.1) is 0 Å². The van der Waals surface area contributed by atoms with Gasteiger partial charge >= 0.3 is 26.7 Å². The van der Waals surface area contributed by atoms with E-state index in [9.17, 15) is 47.2 Å². The Hall–Kier alpha value is -1.11. The lowest BCUT2D eigenvalue weighted by Crippen LogP contribution is -2.68. The highest BCUT2D eigenvalue weighted by Crippen LogP contribution is 2.29. The molecule has 2 fully saturated rings. The zero-order chi connectivity index (χ0) is 24.6. The third-order valence-electron chi connectivity index (χ3n) is 4.46. The topological polar surface area (TPSA) is 296 Å². The Morgan fingerprint density at radius 3 is 2.00 bits per heavy atom. The van der Waals surface area contributed by atoms with Crippen molar-refractivity contribution in [2.24, 2.45) is 0 Å². The molecule has 0 amide bonds. The fourth-order valence-corrected chi connectivity index (χ4v) is 3.90. The lowest BCUT2D eigenvalue weighted by Gasteiger charge is -2.45. The maximum atomic E-state index is 11.2. The molecule has 18 nitrogen and oxygen atoms in total. The summed E-state index contributed by atoms with van der Waals surface area (Å²) in [4.78, 5) is 11.2. The maximum absolute atomic E-state index is 11.2. The Morgan fingerprint density at radius 1 is 0.906 bits per heavy atom. The average Bonchev–Trinajstić information content (AvgIpc) is 2.64. The fraction of sp³-hybridized carbons (Fsp3) is 0.917. The second-order valence-electron chi connectivity index (χ2n) is 6.72. The number of aliphatic hydroxyl groups is 5. The van der Waals surface area contributed by atoms with Crippen LogP contribution in [0.5, 0.6) is 0 Å². The van der Waals surface area contributed by atoms with Crippen LogP contribution >= 0.6 is 0 Å². The van der Waals surface area contributed by atoms with Crippen LogP contribution in [0.2, 0.25) is 0 Å². The molecule has 0 saturated carbocycles. The van der Waals surface area contributed by atoms with Gasteiger partial charge in [0.15, 0.2) is 18.7 Å². The Morgan fingerprint density at radius 2 is 1.50 bits per heavy atom. The highest BCUT2D eigenvalue weighted by atomic mass is 32.3. The lowest BCUT2D eigenvalue weighted by atomic mass is 9.96. The van der Waals surface area contributed by atoms with Gasteiger partial charge in [0.2, 0.25) is 0 Å². The quantitative estimate of drug-likeness (QED) is 0.136. The van der Waals surface area contributed by atoms with Crippen LogP contribution in [0.1, 0.15) is 0 Å². The van der Waals surface area contributed by atoms with Gasteiger partial charge in [0, 0.05) is 0 Å². The summed E-state index contributed by atoms with van der Waals surface area (Å²) in [5, 5.41) is 59.1. The van der Waals surface area contributed by atoms with E-state index in [2.05, 4.69) is 4.18 Å². The van der Waals surface area contributed by atoms with Crippen molar-refractivity contribution >= 4 is 26.7 Å². The lowest BCUT2D eigenvalue weighted by molar-refractivity contribution is -0.335. The molecule has 0 aromatic carbocycles. The molecule has 9 N–H and O–H groups in total. The van der Waals surface area contributed by atoms with Gasteiger partial charge in [0.05, 0.1) is 6.61 Å². The SMILES string of the molecule is O=C(O)[C@H]1OC(O[C@H]2[C@H](O)[C@@H](COS(=O)(=O)O)OC(O)[C@@H]2NS(=O)(=O)O)[C@H](O)[C@@H](O)[C@@H]1O. The van der Waals surface area contributed by atoms with Crippen LogP contribution in [-0.2, 0) is 43.9 Å². The molecule has 20 heteroatoms. The van der Waals surface area contributed by atoms with Crippen molar-refractivity contribution in [3.8, 4) is 0 Å². The van der Waals surface area contributed by atoms with E-state index < -0.39 is 94.6 Å². The number of hydrogen-bond acceptors (Lipinski definition) is 14. The highest BCUT2D eigenvalue weighted by molar-refractivity contribution is 7.83. The van der Waals surface area contributed by atoms with Crippen LogP contribution in [0.25, 0.3) is 0 Å². The second kappa shape index (κ2) is 10.0. The van der Waals surface area contributed by atoms with Gasteiger partial charge in [0.1, 0.15) is 42.7 Å². The third-order valence-corrected chi connectivity index (χ3v) is 5.47. The molecule has 0 aromatic heterocycles. The zero-order valence-electron chi connectivity index (χ0n) is 15.5. The van der Waals surface area contributed by atoms with Crippen molar-refractivity contribution in [2.45, 2.75) is 61.3 Å². The molecule has 0 radical (unpaired) electrons. The number of nitrogens with one attached hydrogen (secondary N) is 1. The minimum absolute atomic E-state index is 1.14. The van der Waals surface area contributed by atoms with Gasteiger partial charge in [-0.2, -0.15) is 21.6 Å². The van der Waals surface area contributed by atoms with Crippen molar-refractivity contribution < 1.29 is 79.8 Å². The first-order valence-corrected chi connectivity index (χ1v) is 11.3. The zero-order valence-corrected chi connectivity index (χ0v) is 17.2. The summed E-state index contributed by atoms with van der Waals surface area (Å²) in [5.41, 5.74) is 0. The van der Waals surface area contributed by atoms with Crippen LogP contribution in [0.15, 0.2) is 0 Å². The molecule has 0 aromatic rings. The monoisotopic (exact) mass is 515 g/mol. The Labute approximate surface area is 179 Å².